The quantitative estimate of drug-likeness (QED) is 0.437. The van der Waals surface area contributed by atoms with E-state index in [1.807, 2.05) is 0 Å². The largest absolute Gasteiger partial charge is 0.308 e. The third kappa shape index (κ3) is 1.38. The monoisotopic (exact) mass is 283 g/mol. The first-order chi connectivity index (χ1) is 10.7. The molecule has 2 heterocycles. The number of nitrogens with zero attached hydrogens (tertiary/aromatic N) is 1. The van der Waals surface area contributed by atoms with Gasteiger partial charge in [-0.2, -0.15) is 0 Å². The molecule has 0 amide bonds. The Morgan fingerprint density at radius 2 is 1.45 bits per heavy atom. The average Bonchev–Trinajstić information content (AvgIpc) is 2.95. The van der Waals surface area contributed by atoms with E-state index in [-0.39, 0.29) is 5.41 Å². The van der Waals surface area contributed by atoms with Crippen molar-refractivity contribution in [1.29, 1.82) is 0 Å². The number of rotatable bonds is 0. The van der Waals surface area contributed by atoms with Gasteiger partial charge in [0.2, 0.25) is 0 Å². The molecule has 106 valence electrons. The maximum Gasteiger partial charge on any atom is 0.0617 e. The van der Waals surface area contributed by atoms with Crippen LogP contribution in [0.3, 0.4) is 0 Å². The van der Waals surface area contributed by atoms with Crippen molar-refractivity contribution in [3.63, 3.8) is 0 Å². The molecule has 1 heteroatoms. The summed E-state index contributed by atoms with van der Waals surface area (Å²) in [7, 11) is 0. The summed E-state index contributed by atoms with van der Waals surface area (Å²) in [4.78, 5) is 0. The van der Waals surface area contributed by atoms with Crippen LogP contribution >= 0.6 is 0 Å². The molecular formula is C21H17N. The maximum atomic E-state index is 2.43. The van der Waals surface area contributed by atoms with E-state index in [9.17, 15) is 0 Å². The topological polar surface area (TPSA) is 4.41 Å². The Morgan fingerprint density at radius 1 is 0.818 bits per heavy atom. The standard InChI is InChI=1S/C21H17N/c1-21(2)12-11-16-14-7-3-5-9-18(14)22-19-10-6-4-8-15(19)17(13-21)20(16)22/h3-13H,1-2H3. The zero-order chi connectivity index (χ0) is 14.9. The molecule has 0 radical (unpaired) electrons. The summed E-state index contributed by atoms with van der Waals surface area (Å²) in [6.45, 7) is 4.55. The number of fused-ring (bicyclic) bond motifs is 6. The van der Waals surface area contributed by atoms with Crippen LogP contribution < -0.4 is 5.22 Å². The fourth-order valence-corrected chi connectivity index (χ4v) is 3.84. The second kappa shape index (κ2) is 3.80. The molecule has 0 atom stereocenters. The minimum atomic E-state index is 0.0672. The van der Waals surface area contributed by atoms with Crippen molar-refractivity contribution in [3.8, 4) is 0 Å². The highest BCUT2D eigenvalue weighted by Gasteiger charge is 2.21. The molecule has 5 rings (SSSR count). The molecule has 22 heavy (non-hydrogen) atoms. The summed E-state index contributed by atoms with van der Waals surface area (Å²) >= 11 is 0. The van der Waals surface area contributed by atoms with Crippen LogP contribution in [0, 0.1) is 5.41 Å². The SMILES string of the molecule is CC1(C)C=Cc2c3ccccc3n3c2c(c2ccccc23)=C1. The van der Waals surface area contributed by atoms with Crippen molar-refractivity contribution in [2.75, 3.05) is 0 Å². The number of hydrogen-bond donors (Lipinski definition) is 0. The zero-order valence-corrected chi connectivity index (χ0v) is 12.8. The molecule has 0 saturated heterocycles. The van der Waals surface area contributed by atoms with E-state index in [2.05, 4.69) is 85.0 Å². The van der Waals surface area contributed by atoms with Gasteiger partial charge in [-0.05, 0) is 12.1 Å². The van der Waals surface area contributed by atoms with Gasteiger partial charge in [0.15, 0.2) is 0 Å². The van der Waals surface area contributed by atoms with Gasteiger partial charge in [-0.25, -0.2) is 0 Å². The highest BCUT2D eigenvalue weighted by Crippen LogP contribution is 2.34. The number of allylic oxidation sites excluding steroid dienone is 1. The van der Waals surface area contributed by atoms with Crippen molar-refractivity contribution in [2.24, 2.45) is 5.41 Å². The molecule has 1 aliphatic rings. The van der Waals surface area contributed by atoms with Crippen LogP contribution in [-0.2, 0) is 0 Å². The third-order valence-electron chi connectivity index (χ3n) is 4.80. The van der Waals surface area contributed by atoms with Gasteiger partial charge in [-0.15, -0.1) is 0 Å². The molecule has 4 aromatic rings. The highest BCUT2D eigenvalue weighted by atomic mass is 14.9. The summed E-state index contributed by atoms with van der Waals surface area (Å²) in [5, 5.41) is 4.06. The first-order valence-corrected chi connectivity index (χ1v) is 7.81. The van der Waals surface area contributed by atoms with Gasteiger partial charge in [0.25, 0.3) is 0 Å². The van der Waals surface area contributed by atoms with Crippen molar-refractivity contribution < 1.29 is 0 Å². The first kappa shape index (κ1) is 12.0. The first-order valence-electron chi connectivity index (χ1n) is 7.81. The predicted octanol–water partition coefficient (Wildman–Crippen LogP) is 4.80. The van der Waals surface area contributed by atoms with Crippen molar-refractivity contribution in [3.05, 3.63) is 65.4 Å². The minimum absolute atomic E-state index is 0.0672. The van der Waals surface area contributed by atoms with Crippen LogP contribution in [0.5, 0.6) is 0 Å². The summed E-state index contributed by atoms with van der Waals surface area (Å²) in [5.74, 6) is 0. The van der Waals surface area contributed by atoms with Crippen molar-refractivity contribution in [2.45, 2.75) is 13.8 Å². The van der Waals surface area contributed by atoms with Gasteiger partial charge in [0, 0.05) is 27.0 Å². The summed E-state index contributed by atoms with van der Waals surface area (Å²) in [6.07, 6.45) is 7.05. The van der Waals surface area contributed by atoms with Gasteiger partial charge in [-0.3, -0.25) is 0 Å². The smallest absolute Gasteiger partial charge is 0.0617 e. The second-order valence-corrected chi connectivity index (χ2v) is 6.84. The number of para-hydroxylation sites is 2. The lowest BCUT2D eigenvalue weighted by Gasteiger charge is -2.12. The van der Waals surface area contributed by atoms with Crippen LogP contribution in [0.4, 0.5) is 0 Å². The van der Waals surface area contributed by atoms with Crippen LogP contribution in [0.1, 0.15) is 19.4 Å². The van der Waals surface area contributed by atoms with Crippen LogP contribution in [0.15, 0.2) is 54.6 Å². The average molecular weight is 283 g/mol. The third-order valence-corrected chi connectivity index (χ3v) is 4.80. The summed E-state index contributed by atoms with van der Waals surface area (Å²) in [6, 6.07) is 17.5. The molecule has 0 unspecified atom stereocenters. The van der Waals surface area contributed by atoms with Gasteiger partial charge < -0.3 is 4.40 Å². The molecule has 0 saturated carbocycles. The lowest BCUT2D eigenvalue weighted by Crippen LogP contribution is -2.08. The molecule has 0 spiro atoms. The molecule has 0 aliphatic heterocycles. The van der Waals surface area contributed by atoms with Crippen LogP contribution in [0.25, 0.3) is 39.5 Å². The second-order valence-electron chi connectivity index (χ2n) is 6.84. The Kier molecular flexibility index (Phi) is 2.08. The van der Waals surface area contributed by atoms with Gasteiger partial charge >= 0.3 is 0 Å². The van der Waals surface area contributed by atoms with E-state index in [1.165, 1.54) is 38.1 Å². The van der Waals surface area contributed by atoms with Crippen LogP contribution in [0.2, 0.25) is 0 Å². The maximum absolute atomic E-state index is 2.43. The number of hydrogen-bond acceptors (Lipinski definition) is 0. The Labute approximate surface area is 129 Å². The Balaban J connectivity index is 2.22. The normalized spacial score (nSPS) is 16.3. The van der Waals surface area contributed by atoms with E-state index >= 15 is 0 Å². The Bertz CT molecular complexity index is 1140. The zero-order valence-electron chi connectivity index (χ0n) is 12.8. The molecule has 2 aromatic carbocycles. The van der Waals surface area contributed by atoms with Crippen LogP contribution in [-0.4, -0.2) is 4.40 Å². The van der Waals surface area contributed by atoms with E-state index in [0.717, 1.165) is 0 Å². The molecular weight excluding hydrogens is 266 g/mol. The number of aromatic nitrogens is 1. The fourth-order valence-electron chi connectivity index (χ4n) is 3.84. The Morgan fingerprint density at radius 3 is 2.23 bits per heavy atom. The van der Waals surface area contributed by atoms with E-state index in [0.29, 0.717) is 0 Å². The Hall–Kier alpha value is -2.54. The molecule has 1 aliphatic carbocycles. The molecule has 1 nitrogen and oxygen atoms in total. The van der Waals surface area contributed by atoms with E-state index < -0.39 is 0 Å². The fraction of sp³-hybridized carbons (Fsp3) is 0.143. The molecule has 0 bridgehead atoms. The van der Waals surface area contributed by atoms with E-state index in [1.54, 1.807) is 0 Å². The van der Waals surface area contributed by atoms with E-state index in [4.69, 9.17) is 0 Å². The molecule has 2 aromatic heterocycles. The van der Waals surface area contributed by atoms with Crippen molar-refractivity contribution >= 4 is 39.5 Å². The summed E-state index contributed by atoms with van der Waals surface area (Å²) in [5.41, 5.74) is 5.37. The lowest BCUT2D eigenvalue weighted by molar-refractivity contribution is 0.675. The minimum Gasteiger partial charge on any atom is -0.308 e. The predicted molar refractivity (Wildman–Crippen MR) is 94.9 cm³/mol. The van der Waals surface area contributed by atoms with Crippen molar-refractivity contribution in [1.82, 2.24) is 4.40 Å². The molecule has 0 N–H and O–H groups in total. The summed E-state index contributed by atoms with van der Waals surface area (Å²) < 4.78 is 2.43. The lowest BCUT2D eigenvalue weighted by atomic mass is 9.92. The molecule has 0 fully saturated rings. The highest BCUT2D eigenvalue weighted by molar-refractivity contribution is 6.06. The number of benzene rings is 2. The van der Waals surface area contributed by atoms with Gasteiger partial charge in [0.1, 0.15) is 0 Å². The van der Waals surface area contributed by atoms with Gasteiger partial charge in [-0.1, -0.05) is 68.5 Å². The van der Waals surface area contributed by atoms with Gasteiger partial charge in [0.05, 0.1) is 16.6 Å².